The van der Waals surface area contributed by atoms with Crippen molar-refractivity contribution in [3.8, 4) is 5.75 Å². The Morgan fingerprint density at radius 1 is 1.15 bits per heavy atom. The van der Waals surface area contributed by atoms with E-state index in [0.717, 1.165) is 28.6 Å². The third-order valence-corrected chi connectivity index (χ3v) is 8.02. The fourth-order valence-corrected chi connectivity index (χ4v) is 5.54. The van der Waals surface area contributed by atoms with E-state index in [1.165, 1.54) is 10.4 Å². The van der Waals surface area contributed by atoms with Gasteiger partial charge in [0.25, 0.3) is 5.91 Å². The average molecular weight is 542 g/mol. The molecule has 0 radical (unpaired) electrons. The van der Waals surface area contributed by atoms with E-state index in [1.54, 1.807) is 35.5 Å². The van der Waals surface area contributed by atoms with Gasteiger partial charge >= 0.3 is 0 Å². The molecule has 0 fully saturated rings. The van der Waals surface area contributed by atoms with Crippen LogP contribution in [0.2, 0.25) is 0 Å². The molecule has 4 rings (SSSR count). The summed E-state index contributed by atoms with van der Waals surface area (Å²) in [7, 11) is 1.65. The molecule has 2 aromatic carbocycles. The third-order valence-electron chi connectivity index (χ3n) is 6.50. The smallest absolute Gasteiger partial charge is 0.254 e. The second-order valence-electron chi connectivity index (χ2n) is 8.51. The fraction of sp³-hybridized carbons (Fsp3) is 0.333. The molecule has 1 aliphatic heterocycles. The quantitative estimate of drug-likeness (QED) is 0.373. The summed E-state index contributed by atoms with van der Waals surface area (Å²) in [6.45, 7) is 4.72. The molecule has 2 heterocycles. The monoisotopic (exact) mass is 540 g/mol. The molecule has 0 N–H and O–H groups in total. The number of rotatable bonds is 7. The van der Waals surface area contributed by atoms with Gasteiger partial charge in [-0.15, -0.1) is 11.3 Å². The van der Waals surface area contributed by atoms with E-state index in [4.69, 9.17) is 4.74 Å². The van der Waals surface area contributed by atoms with E-state index in [2.05, 4.69) is 27.4 Å². The Morgan fingerprint density at radius 3 is 2.50 bits per heavy atom. The highest BCUT2D eigenvalue weighted by molar-refractivity contribution is 9.10. The van der Waals surface area contributed by atoms with Crippen molar-refractivity contribution in [2.45, 2.75) is 38.8 Å². The van der Waals surface area contributed by atoms with Crippen LogP contribution in [0.15, 0.2) is 64.5 Å². The van der Waals surface area contributed by atoms with Crippen molar-refractivity contribution < 1.29 is 14.3 Å². The van der Waals surface area contributed by atoms with Gasteiger partial charge in [-0.05, 0) is 78.7 Å². The zero-order valence-electron chi connectivity index (χ0n) is 19.7. The second-order valence-corrected chi connectivity index (χ2v) is 10.4. The number of benzene rings is 2. The Balaban J connectivity index is 1.63. The number of fused-ring (bicyclic) bond motifs is 1. The van der Waals surface area contributed by atoms with Gasteiger partial charge in [-0.2, -0.15) is 0 Å². The molecule has 1 aliphatic rings. The normalized spacial score (nSPS) is 16.0. The molecule has 0 bridgehead atoms. The molecule has 0 saturated heterocycles. The molecule has 0 spiro atoms. The van der Waals surface area contributed by atoms with Gasteiger partial charge in [0.2, 0.25) is 5.91 Å². The van der Waals surface area contributed by atoms with E-state index in [0.29, 0.717) is 12.1 Å². The Bertz CT molecular complexity index is 1140. The first-order chi connectivity index (χ1) is 16.4. The summed E-state index contributed by atoms with van der Waals surface area (Å²) >= 11 is 5.16. The molecule has 178 valence electrons. The highest BCUT2D eigenvalue weighted by Gasteiger charge is 2.34. The summed E-state index contributed by atoms with van der Waals surface area (Å²) in [5.74, 6) is 0.624. The molecule has 2 amide bonds. The highest BCUT2D eigenvalue weighted by Crippen LogP contribution is 2.38. The van der Waals surface area contributed by atoms with Crippen molar-refractivity contribution in [2.24, 2.45) is 0 Å². The minimum Gasteiger partial charge on any atom is -0.497 e. The number of carbonyl (C=O) groups excluding carboxylic acids is 2. The molecule has 3 aromatic rings. The van der Waals surface area contributed by atoms with Crippen LogP contribution in [0.1, 0.15) is 52.7 Å². The van der Waals surface area contributed by atoms with Crippen LogP contribution in [0.4, 0.5) is 0 Å². The number of methoxy groups -OCH3 is 1. The topological polar surface area (TPSA) is 49.9 Å². The summed E-state index contributed by atoms with van der Waals surface area (Å²) in [6, 6.07) is 17.1. The molecular formula is C27H29BrN2O3S. The van der Waals surface area contributed by atoms with Crippen LogP contribution in [0.3, 0.4) is 0 Å². The first kappa shape index (κ1) is 24.5. The van der Waals surface area contributed by atoms with Gasteiger partial charge in [-0.1, -0.05) is 35.0 Å². The van der Waals surface area contributed by atoms with Gasteiger partial charge < -0.3 is 14.5 Å². The lowest BCUT2D eigenvalue weighted by Crippen LogP contribution is -2.49. The third kappa shape index (κ3) is 5.05. The van der Waals surface area contributed by atoms with Crippen LogP contribution in [-0.2, 0) is 11.2 Å². The predicted octanol–water partition coefficient (Wildman–Crippen LogP) is 5.93. The predicted molar refractivity (Wildman–Crippen MR) is 140 cm³/mol. The largest absolute Gasteiger partial charge is 0.497 e. The van der Waals surface area contributed by atoms with Crippen LogP contribution in [0.5, 0.6) is 5.75 Å². The van der Waals surface area contributed by atoms with Crippen molar-refractivity contribution in [1.29, 1.82) is 0 Å². The Labute approximate surface area is 213 Å². The van der Waals surface area contributed by atoms with Gasteiger partial charge in [0.1, 0.15) is 12.3 Å². The highest BCUT2D eigenvalue weighted by atomic mass is 79.9. The molecule has 34 heavy (non-hydrogen) atoms. The lowest BCUT2D eigenvalue weighted by molar-refractivity contribution is -0.134. The molecule has 7 heteroatoms. The Kier molecular flexibility index (Phi) is 7.73. The summed E-state index contributed by atoms with van der Waals surface area (Å²) < 4.78 is 6.24. The van der Waals surface area contributed by atoms with Crippen LogP contribution < -0.4 is 4.74 Å². The van der Waals surface area contributed by atoms with E-state index in [-0.39, 0.29) is 30.4 Å². The van der Waals surface area contributed by atoms with E-state index in [9.17, 15) is 9.59 Å². The number of amides is 2. The first-order valence-electron chi connectivity index (χ1n) is 11.5. The number of nitrogens with zero attached hydrogens (tertiary/aromatic N) is 2. The molecule has 0 aliphatic carbocycles. The zero-order valence-corrected chi connectivity index (χ0v) is 22.1. The summed E-state index contributed by atoms with van der Waals surface area (Å²) in [5.41, 5.74) is 2.80. The van der Waals surface area contributed by atoms with Crippen molar-refractivity contribution in [2.75, 3.05) is 20.2 Å². The van der Waals surface area contributed by atoms with E-state index < -0.39 is 0 Å². The van der Waals surface area contributed by atoms with Gasteiger partial charge in [-0.25, -0.2) is 0 Å². The minimum atomic E-state index is -0.171. The SMILES string of the molecule is CCC(C)N(CC(=O)N1CCc2sccc2C1c1ccc(OC)cc1)C(=O)c1ccc(Br)cc1. The van der Waals surface area contributed by atoms with E-state index >= 15 is 0 Å². The van der Waals surface area contributed by atoms with Gasteiger partial charge in [0, 0.05) is 27.5 Å². The maximum Gasteiger partial charge on any atom is 0.254 e. The molecule has 2 unspecified atom stereocenters. The lowest BCUT2D eigenvalue weighted by atomic mass is 9.93. The summed E-state index contributed by atoms with van der Waals surface area (Å²) in [5, 5.41) is 2.09. The van der Waals surface area contributed by atoms with Gasteiger partial charge in [0.05, 0.1) is 13.2 Å². The first-order valence-corrected chi connectivity index (χ1v) is 13.2. The van der Waals surface area contributed by atoms with Crippen molar-refractivity contribution in [1.82, 2.24) is 9.80 Å². The maximum absolute atomic E-state index is 13.8. The van der Waals surface area contributed by atoms with Gasteiger partial charge in [-0.3, -0.25) is 9.59 Å². The number of hydrogen-bond donors (Lipinski definition) is 0. The number of carbonyl (C=O) groups is 2. The molecule has 2 atom stereocenters. The number of thiophene rings is 1. The average Bonchev–Trinajstić information content (AvgIpc) is 3.35. The van der Waals surface area contributed by atoms with Crippen LogP contribution in [-0.4, -0.2) is 47.9 Å². The minimum absolute atomic E-state index is 0.0385. The molecule has 0 saturated carbocycles. The van der Waals surface area contributed by atoms with Crippen molar-refractivity contribution >= 4 is 39.1 Å². The van der Waals surface area contributed by atoms with Crippen molar-refractivity contribution in [3.05, 3.63) is 86.0 Å². The van der Waals surface area contributed by atoms with Crippen LogP contribution in [0.25, 0.3) is 0 Å². The second kappa shape index (κ2) is 10.7. The Hall–Kier alpha value is -2.64. The lowest BCUT2D eigenvalue weighted by Gasteiger charge is -2.38. The maximum atomic E-state index is 13.8. The Morgan fingerprint density at radius 2 is 1.85 bits per heavy atom. The van der Waals surface area contributed by atoms with Crippen molar-refractivity contribution in [3.63, 3.8) is 0 Å². The molecule has 5 nitrogen and oxygen atoms in total. The standard InChI is InChI=1S/C27H29BrN2O3S/c1-4-18(2)30(27(32)20-5-9-21(28)10-6-20)17-25(31)29-15-13-24-23(14-16-34-24)26(29)19-7-11-22(33-3)12-8-19/h5-12,14,16,18,26H,4,13,15,17H2,1-3H3. The number of ether oxygens (including phenoxy) is 1. The van der Waals surface area contributed by atoms with E-state index in [1.807, 2.05) is 55.1 Å². The zero-order chi connectivity index (χ0) is 24.2. The number of hydrogen-bond acceptors (Lipinski definition) is 4. The molecule has 1 aromatic heterocycles. The van der Waals surface area contributed by atoms with Crippen LogP contribution >= 0.6 is 27.3 Å². The number of halogens is 1. The summed E-state index contributed by atoms with van der Waals surface area (Å²) in [6.07, 6.45) is 1.60. The van der Waals surface area contributed by atoms with Crippen LogP contribution in [0, 0.1) is 0 Å². The van der Waals surface area contributed by atoms with Gasteiger partial charge in [0.15, 0.2) is 0 Å². The molecular weight excluding hydrogens is 512 g/mol. The summed E-state index contributed by atoms with van der Waals surface area (Å²) in [4.78, 5) is 32.1. The fourth-order valence-electron chi connectivity index (χ4n) is 4.37.